The summed E-state index contributed by atoms with van der Waals surface area (Å²) in [5.74, 6) is -0.336. The van der Waals surface area contributed by atoms with Gasteiger partial charge in [-0.15, -0.1) is 22.0 Å². The van der Waals surface area contributed by atoms with Crippen LogP contribution in [-0.4, -0.2) is 65.5 Å². The molecular weight excluding hydrogens is 633 g/mol. The van der Waals surface area contributed by atoms with E-state index in [9.17, 15) is 22.8 Å². The van der Waals surface area contributed by atoms with E-state index in [1.807, 2.05) is 6.07 Å². The van der Waals surface area contributed by atoms with Crippen molar-refractivity contribution in [1.29, 1.82) is 0 Å². The van der Waals surface area contributed by atoms with Crippen LogP contribution in [0.2, 0.25) is 5.02 Å². The van der Waals surface area contributed by atoms with Crippen molar-refractivity contribution in [3.05, 3.63) is 64.2 Å². The second-order valence-corrected chi connectivity index (χ2v) is 12.6. The maximum atomic E-state index is 14.3. The maximum absolute atomic E-state index is 14.3. The number of esters is 1. The molecule has 2 aliphatic rings. The third kappa shape index (κ3) is 7.04. The number of piperidine rings is 1. The lowest BCUT2D eigenvalue weighted by Gasteiger charge is -2.32. The molecule has 3 aromatic rings. The second-order valence-electron chi connectivity index (χ2n) is 10.9. The van der Waals surface area contributed by atoms with E-state index in [-0.39, 0.29) is 42.1 Å². The minimum atomic E-state index is -4.78. The number of aromatic nitrogens is 3. The number of nitrogens with zero attached hydrogens (tertiary/aromatic N) is 4. The average Bonchev–Trinajstić information content (AvgIpc) is 3.42. The molecule has 0 radical (unpaired) electrons. The van der Waals surface area contributed by atoms with E-state index in [1.54, 1.807) is 30.0 Å². The van der Waals surface area contributed by atoms with Crippen LogP contribution in [-0.2, 0) is 20.5 Å². The van der Waals surface area contributed by atoms with Crippen LogP contribution in [0.4, 0.5) is 13.2 Å². The molecule has 0 unspecified atom stereocenters. The Balaban J connectivity index is 1.47. The Morgan fingerprint density at radius 2 is 1.82 bits per heavy atom. The molecule has 1 saturated heterocycles. The molecule has 1 amide bonds. The van der Waals surface area contributed by atoms with Gasteiger partial charge in [0.15, 0.2) is 17.3 Å². The van der Waals surface area contributed by atoms with Crippen LogP contribution in [0.25, 0.3) is 5.69 Å². The van der Waals surface area contributed by atoms with Gasteiger partial charge in [0.05, 0.1) is 37.0 Å². The number of hydrogen-bond acceptors (Lipinski definition) is 8. The number of methoxy groups -OCH3 is 2. The quantitative estimate of drug-likeness (QED) is 0.230. The molecule has 2 atom stereocenters. The third-order valence-corrected chi connectivity index (χ3v) is 9.90. The summed E-state index contributed by atoms with van der Waals surface area (Å²) >= 11 is 7.79. The number of amides is 1. The number of carbonyl (C=O) groups excluding carboxylic acids is 2. The van der Waals surface area contributed by atoms with Crippen molar-refractivity contribution < 1.29 is 37.0 Å². The molecule has 2 aromatic carbocycles. The monoisotopic (exact) mass is 666 g/mol. The first-order chi connectivity index (χ1) is 21.5. The predicted octanol–water partition coefficient (Wildman–Crippen LogP) is 6.81. The van der Waals surface area contributed by atoms with E-state index in [4.69, 9.17) is 25.8 Å². The summed E-state index contributed by atoms with van der Waals surface area (Å²) in [5.41, 5.74) is 1.44. The number of rotatable bonds is 9. The second kappa shape index (κ2) is 13.9. The fraction of sp³-hybridized carbons (Fsp3) is 0.484. The molecule has 1 aromatic heterocycles. The SMILES string of the molecule is CCOC(=O)CC1CCN(C(=O)CC[C@H]2S[C@H](c3cccc(OC)c3OC)c3cc(Cl)ccc3-n3c2nnc3C(F)(F)F)CC1. The van der Waals surface area contributed by atoms with E-state index < -0.39 is 22.5 Å². The summed E-state index contributed by atoms with van der Waals surface area (Å²) in [5, 5.41) is 6.77. The smallest absolute Gasteiger partial charge is 0.452 e. The van der Waals surface area contributed by atoms with Crippen molar-refractivity contribution in [1.82, 2.24) is 19.7 Å². The van der Waals surface area contributed by atoms with Crippen molar-refractivity contribution in [2.45, 2.75) is 55.7 Å². The van der Waals surface area contributed by atoms with Gasteiger partial charge in [-0.05, 0) is 61.9 Å². The summed E-state index contributed by atoms with van der Waals surface area (Å²) in [4.78, 5) is 27.0. The zero-order valence-electron chi connectivity index (χ0n) is 25.1. The topological polar surface area (TPSA) is 95.8 Å². The van der Waals surface area contributed by atoms with Crippen LogP contribution in [0.1, 0.15) is 72.3 Å². The molecule has 14 heteroatoms. The third-order valence-electron chi connectivity index (χ3n) is 8.11. The lowest BCUT2D eigenvalue weighted by molar-refractivity contribution is -0.146. The van der Waals surface area contributed by atoms with Gasteiger partial charge >= 0.3 is 12.1 Å². The van der Waals surface area contributed by atoms with E-state index in [0.29, 0.717) is 66.6 Å². The summed E-state index contributed by atoms with van der Waals surface area (Å²) in [6, 6.07) is 10.1. The van der Waals surface area contributed by atoms with E-state index >= 15 is 0 Å². The van der Waals surface area contributed by atoms with Crippen LogP contribution < -0.4 is 9.47 Å². The molecule has 242 valence electrons. The molecule has 5 rings (SSSR count). The lowest BCUT2D eigenvalue weighted by Crippen LogP contribution is -2.39. The molecule has 2 aliphatic heterocycles. The molecule has 0 aliphatic carbocycles. The highest BCUT2D eigenvalue weighted by Gasteiger charge is 2.43. The standard InChI is InChI=1S/C31H34ClF3N4O5S/c1-4-44-26(41)16-18-12-14-38(15-13-18)25(40)11-10-24-29-36-37-30(31(33,34)35)39(29)22-9-8-19(32)17-21(22)28(45-24)20-6-5-7-23(42-2)27(20)43-3/h5-9,17-18,24,28H,4,10-16H2,1-3H3/t24-,28-/m1/s1. The number of thioether (sulfide) groups is 1. The lowest BCUT2D eigenvalue weighted by atomic mass is 9.93. The Morgan fingerprint density at radius 3 is 2.49 bits per heavy atom. The Hall–Kier alpha value is -3.45. The summed E-state index contributed by atoms with van der Waals surface area (Å²) in [6.07, 6.45) is -2.79. The number of para-hydroxylation sites is 1. The van der Waals surface area contributed by atoms with Gasteiger partial charge in [0.2, 0.25) is 11.7 Å². The van der Waals surface area contributed by atoms with Crippen molar-refractivity contribution in [3.63, 3.8) is 0 Å². The fourth-order valence-corrected chi connectivity index (χ4v) is 7.68. The van der Waals surface area contributed by atoms with Gasteiger partial charge in [-0.2, -0.15) is 13.2 Å². The van der Waals surface area contributed by atoms with Crippen molar-refractivity contribution >= 4 is 35.2 Å². The number of halogens is 4. The number of alkyl halides is 3. The van der Waals surface area contributed by atoms with Gasteiger partial charge < -0.3 is 19.1 Å². The first-order valence-electron chi connectivity index (χ1n) is 14.7. The molecule has 0 spiro atoms. The number of ether oxygens (including phenoxy) is 3. The Kier molecular flexibility index (Phi) is 10.2. The molecule has 1 fully saturated rings. The van der Waals surface area contributed by atoms with Gasteiger partial charge in [0, 0.05) is 36.5 Å². The molecular formula is C31H34ClF3N4O5S. The van der Waals surface area contributed by atoms with Gasteiger partial charge in [0.25, 0.3) is 0 Å². The Labute approximate surface area is 268 Å². The number of likely N-dealkylation sites (tertiary alicyclic amines) is 1. The molecule has 45 heavy (non-hydrogen) atoms. The highest BCUT2D eigenvalue weighted by Crippen LogP contribution is 2.54. The highest BCUT2D eigenvalue weighted by molar-refractivity contribution is 8.00. The normalized spacial score (nSPS) is 18.5. The minimum absolute atomic E-state index is 0.0908. The zero-order valence-corrected chi connectivity index (χ0v) is 26.7. The Bertz CT molecular complexity index is 1540. The van der Waals surface area contributed by atoms with Crippen molar-refractivity contribution in [2.75, 3.05) is 33.9 Å². The van der Waals surface area contributed by atoms with E-state index in [2.05, 4.69) is 10.2 Å². The van der Waals surface area contributed by atoms with Crippen LogP contribution in [0.5, 0.6) is 11.5 Å². The fourth-order valence-electron chi connectivity index (χ4n) is 5.97. The molecule has 0 bridgehead atoms. The van der Waals surface area contributed by atoms with Gasteiger partial charge in [-0.3, -0.25) is 14.2 Å². The van der Waals surface area contributed by atoms with Crippen LogP contribution in [0.15, 0.2) is 36.4 Å². The zero-order chi connectivity index (χ0) is 32.3. The summed E-state index contributed by atoms with van der Waals surface area (Å²) < 4.78 is 60.3. The predicted molar refractivity (Wildman–Crippen MR) is 163 cm³/mol. The van der Waals surface area contributed by atoms with Crippen LogP contribution >= 0.6 is 23.4 Å². The number of carbonyl (C=O) groups is 2. The molecule has 0 saturated carbocycles. The van der Waals surface area contributed by atoms with Gasteiger partial charge in [-0.25, -0.2) is 0 Å². The maximum Gasteiger partial charge on any atom is 0.452 e. The van der Waals surface area contributed by atoms with Gasteiger partial charge in [0.1, 0.15) is 0 Å². The molecule has 3 heterocycles. The highest BCUT2D eigenvalue weighted by atomic mass is 35.5. The summed E-state index contributed by atoms with van der Waals surface area (Å²) in [6.45, 7) is 3.10. The molecule has 0 N–H and O–H groups in total. The number of fused-ring (bicyclic) bond motifs is 3. The first kappa shape index (κ1) is 32.9. The molecule has 9 nitrogen and oxygen atoms in total. The number of hydrogen-bond donors (Lipinski definition) is 0. The first-order valence-corrected chi connectivity index (χ1v) is 16.0. The van der Waals surface area contributed by atoms with E-state index in [1.165, 1.54) is 38.1 Å². The van der Waals surface area contributed by atoms with Crippen molar-refractivity contribution in [2.24, 2.45) is 5.92 Å². The average molecular weight is 667 g/mol. The largest absolute Gasteiger partial charge is 0.493 e. The van der Waals surface area contributed by atoms with Gasteiger partial charge in [-0.1, -0.05) is 23.7 Å². The summed E-state index contributed by atoms with van der Waals surface area (Å²) in [7, 11) is 3.02. The van der Waals surface area contributed by atoms with E-state index in [0.717, 1.165) is 4.57 Å². The Morgan fingerprint density at radius 1 is 1.07 bits per heavy atom. The van der Waals surface area contributed by atoms with Crippen LogP contribution in [0.3, 0.4) is 0 Å². The number of benzene rings is 2. The van der Waals surface area contributed by atoms with Crippen molar-refractivity contribution in [3.8, 4) is 17.2 Å². The van der Waals surface area contributed by atoms with Crippen LogP contribution in [0, 0.1) is 5.92 Å². The minimum Gasteiger partial charge on any atom is -0.493 e.